The number of aromatic nitrogens is 3. The molecule has 0 spiro atoms. The Balaban J connectivity index is 1.62. The topological polar surface area (TPSA) is 89.0 Å². The molecule has 28 heavy (non-hydrogen) atoms. The number of benzene rings is 1. The largest absolute Gasteiger partial charge is 0.419 e. The Hall–Kier alpha value is -2.97. The van der Waals surface area contributed by atoms with Gasteiger partial charge >= 0.3 is 0 Å². The monoisotopic (exact) mass is 411 g/mol. The summed E-state index contributed by atoms with van der Waals surface area (Å²) in [6.45, 7) is 2.62. The maximum Gasteiger partial charge on any atom is 0.263 e. The van der Waals surface area contributed by atoms with Crippen LogP contribution in [0.1, 0.15) is 16.6 Å². The molecule has 7 nitrogen and oxygen atoms in total. The predicted octanol–water partition coefficient (Wildman–Crippen LogP) is 4.23. The van der Waals surface area contributed by atoms with E-state index < -0.39 is 0 Å². The number of carbonyl (C=O) groups is 1. The molecule has 1 aromatic carbocycles. The lowest BCUT2D eigenvalue weighted by Crippen LogP contribution is -2.34. The van der Waals surface area contributed by atoms with Crippen LogP contribution in [0.5, 0.6) is 11.8 Å². The zero-order valence-electron chi connectivity index (χ0n) is 14.7. The van der Waals surface area contributed by atoms with E-state index in [-0.39, 0.29) is 11.9 Å². The summed E-state index contributed by atoms with van der Waals surface area (Å²) in [5.74, 6) is 0.600. The molecule has 0 saturated carbocycles. The molecule has 4 aromatic rings. The quantitative estimate of drug-likeness (QED) is 0.480. The molecular formula is C19H14ClN5O2S. The first-order valence-electron chi connectivity index (χ1n) is 8.66. The van der Waals surface area contributed by atoms with Crippen molar-refractivity contribution in [2.24, 2.45) is 0 Å². The van der Waals surface area contributed by atoms with Crippen molar-refractivity contribution in [3.8, 4) is 11.8 Å². The van der Waals surface area contributed by atoms with Gasteiger partial charge in [0.15, 0.2) is 0 Å². The molecule has 0 unspecified atom stereocenters. The Kier molecular flexibility index (Phi) is 4.03. The van der Waals surface area contributed by atoms with Crippen LogP contribution in [0.25, 0.3) is 21.1 Å². The van der Waals surface area contributed by atoms with Crippen LogP contribution in [-0.2, 0) is 0 Å². The summed E-state index contributed by atoms with van der Waals surface area (Å²) in [4.78, 5) is 26.4. The van der Waals surface area contributed by atoms with Crippen LogP contribution in [0.3, 0.4) is 0 Å². The summed E-state index contributed by atoms with van der Waals surface area (Å²) in [6.07, 6.45) is 1.55. The van der Waals surface area contributed by atoms with Crippen LogP contribution in [-0.4, -0.2) is 33.4 Å². The van der Waals surface area contributed by atoms with Crippen LogP contribution in [0, 0.1) is 0 Å². The van der Waals surface area contributed by atoms with Crippen molar-refractivity contribution in [3.63, 3.8) is 0 Å². The zero-order valence-corrected chi connectivity index (χ0v) is 16.3. The number of hydrogen-bond donors (Lipinski definition) is 2. The van der Waals surface area contributed by atoms with E-state index in [0.29, 0.717) is 33.9 Å². The number of pyridine rings is 1. The first-order chi connectivity index (χ1) is 13.6. The number of halogens is 1. The third-order valence-electron chi connectivity index (χ3n) is 4.41. The Morgan fingerprint density at radius 1 is 1.21 bits per heavy atom. The second-order valence-corrected chi connectivity index (χ2v) is 7.92. The molecule has 1 aliphatic heterocycles. The number of rotatable bonds is 2. The number of thiophene rings is 1. The average molecular weight is 412 g/mol. The molecular weight excluding hydrogens is 398 g/mol. The maximum atomic E-state index is 12.5. The lowest BCUT2D eigenvalue weighted by atomic mass is 10.1. The molecule has 0 aliphatic carbocycles. The first kappa shape index (κ1) is 17.2. The van der Waals surface area contributed by atoms with E-state index in [1.165, 1.54) is 11.3 Å². The molecule has 2 N–H and O–H groups in total. The molecule has 0 saturated heterocycles. The molecule has 1 amide bonds. The normalized spacial score (nSPS) is 16.4. The summed E-state index contributed by atoms with van der Waals surface area (Å²) in [6, 6.07) is 8.99. The number of ether oxygens (including phenoxy) is 1. The first-order valence-corrected chi connectivity index (χ1v) is 9.85. The molecule has 0 radical (unpaired) electrons. The van der Waals surface area contributed by atoms with Crippen molar-refractivity contribution in [1.82, 2.24) is 20.3 Å². The summed E-state index contributed by atoms with van der Waals surface area (Å²) in [5, 5.41) is 7.61. The van der Waals surface area contributed by atoms with Gasteiger partial charge in [0.1, 0.15) is 10.0 Å². The standard InChI is InChI=1S/C19H14ClN5O2S/c1-9-7-21-17-15-11(28-18(17)19(26)23-9)6-5-10-16(15)22-8-14(24-10)27-13-4-2-3-12(20)25-13/h2-6,8-9,21H,7H2,1H3,(H,23,26)/t9-/m1/s1. The number of nitrogens with zero attached hydrogens (tertiary/aromatic N) is 3. The fraction of sp³-hybridized carbons (Fsp3) is 0.158. The lowest BCUT2D eigenvalue weighted by molar-refractivity contribution is 0.0949. The van der Waals surface area contributed by atoms with Crippen LogP contribution >= 0.6 is 22.9 Å². The number of anilines is 1. The van der Waals surface area contributed by atoms with Crippen molar-refractivity contribution in [3.05, 3.63) is 46.6 Å². The average Bonchev–Trinajstić information content (AvgIpc) is 2.99. The van der Waals surface area contributed by atoms with E-state index in [2.05, 4.69) is 25.6 Å². The van der Waals surface area contributed by atoms with Crippen molar-refractivity contribution in [1.29, 1.82) is 0 Å². The lowest BCUT2D eigenvalue weighted by Gasteiger charge is -2.10. The van der Waals surface area contributed by atoms with Crippen LogP contribution in [0.2, 0.25) is 5.15 Å². The number of hydrogen-bond acceptors (Lipinski definition) is 7. The van der Waals surface area contributed by atoms with Crippen molar-refractivity contribution in [2.75, 3.05) is 11.9 Å². The summed E-state index contributed by atoms with van der Waals surface area (Å²) < 4.78 is 6.66. The molecule has 5 rings (SSSR count). The molecule has 140 valence electrons. The van der Waals surface area contributed by atoms with Gasteiger partial charge in [0.2, 0.25) is 11.8 Å². The van der Waals surface area contributed by atoms with Crippen molar-refractivity contribution < 1.29 is 9.53 Å². The van der Waals surface area contributed by atoms with Gasteiger partial charge < -0.3 is 15.4 Å². The molecule has 0 bridgehead atoms. The van der Waals surface area contributed by atoms with Gasteiger partial charge in [-0.15, -0.1) is 11.3 Å². The molecule has 4 heterocycles. The highest BCUT2D eigenvalue weighted by atomic mass is 35.5. The van der Waals surface area contributed by atoms with Crippen LogP contribution < -0.4 is 15.4 Å². The van der Waals surface area contributed by atoms with Crippen molar-refractivity contribution in [2.45, 2.75) is 13.0 Å². The fourth-order valence-electron chi connectivity index (χ4n) is 3.18. The molecule has 0 fully saturated rings. The number of amides is 1. The van der Waals surface area contributed by atoms with Gasteiger partial charge in [-0.25, -0.2) is 15.0 Å². The Morgan fingerprint density at radius 2 is 2.11 bits per heavy atom. The third-order valence-corrected chi connectivity index (χ3v) is 5.77. The molecule has 1 atom stereocenters. The van der Waals surface area contributed by atoms with E-state index in [1.54, 1.807) is 24.4 Å². The minimum absolute atomic E-state index is 0.0495. The van der Waals surface area contributed by atoms with E-state index in [4.69, 9.17) is 16.3 Å². The maximum absolute atomic E-state index is 12.5. The summed E-state index contributed by atoms with van der Waals surface area (Å²) in [5.41, 5.74) is 2.20. The fourth-order valence-corrected chi connectivity index (χ4v) is 4.42. The molecule has 1 aliphatic rings. The predicted molar refractivity (Wildman–Crippen MR) is 110 cm³/mol. The highest BCUT2D eigenvalue weighted by Crippen LogP contribution is 2.40. The Labute approximate surface area is 168 Å². The highest BCUT2D eigenvalue weighted by Gasteiger charge is 2.25. The molecule has 9 heteroatoms. The Morgan fingerprint density at radius 3 is 2.96 bits per heavy atom. The number of fused-ring (bicyclic) bond motifs is 5. The van der Waals surface area contributed by atoms with Crippen LogP contribution in [0.4, 0.5) is 5.69 Å². The van der Waals surface area contributed by atoms with Gasteiger partial charge in [-0.3, -0.25) is 4.79 Å². The second kappa shape index (κ2) is 6.57. The number of nitrogens with one attached hydrogen (secondary N) is 2. The van der Waals surface area contributed by atoms with E-state index in [1.807, 2.05) is 19.1 Å². The van der Waals surface area contributed by atoms with E-state index in [0.717, 1.165) is 21.3 Å². The van der Waals surface area contributed by atoms with Gasteiger partial charge in [0.05, 0.1) is 22.9 Å². The van der Waals surface area contributed by atoms with Crippen molar-refractivity contribution >= 4 is 55.7 Å². The van der Waals surface area contributed by atoms with Gasteiger partial charge in [0.25, 0.3) is 5.91 Å². The van der Waals surface area contributed by atoms with Gasteiger partial charge in [0, 0.05) is 28.7 Å². The number of carbonyl (C=O) groups excluding carboxylic acids is 1. The van der Waals surface area contributed by atoms with Gasteiger partial charge in [-0.05, 0) is 25.1 Å². The SMILES string of the molecule is C[C@@H]1CNc2c(sc3ccc4nc(Oc5cccc(Cl)n5)cnc4c23)C(=O)N1. The minimum Gasteiger partial charge on any atom is -0.419 e. The third kappa shape index (κ3) is 2.90. The van der Waals surface area contributed by atoms with E-state index >= 15 is 0 Å². The highest BCUT2D eigenvalue weighted by molar-refractivity contribution is 7.21. The smallest absolute Gasteiger partial charge is 0.263 e. The van der Waals surface area contributed by atoms with Gasteiger partial charge in [-0.2, -0.15) is 0 Å². The van der Waals surface area contributed by atoms with E-state index in [9.17, 15) is 4.79 Å². The Bertz CT molecular complexity index is 1240. The minimum atomic E-state index is -0.0678. The summed E-state index contributed by atoms with van der Waals surface area (Å²) in [7, 11) is 0. The zero-order chi connectivity index (χ0) is 19.3. The van der Waals surface area contributed by atoms with Crippen LogP contribution in [0.15, 0.2) is 36.5 Å². The van der Waals surface area contributed by atoms with Gasteiger partial charge in [-0.1, -0.05) is 17.7 Å². The molecule has 3 aromatic heterocycles. The summed E-state index contributed by atoms with van der Waals surface area (Å²) >= 11 is 7.34. The second-order valence-electron chi connectivity index (χ2n) is 6.48.